The minimum atomic E-state index is 0.259. The second kappa shape index (κ2) is 41.0. The summed E-state index contributed by atoms with van der Waals surface area (Å²) < 4.78 is 4.08. The SMILES string of the molecule is CC(=O)C(C)[S+](C)C.CSOOOOOOOOOOOOOOOOOOOOOOOOOOOOOOOOOO[O-]. The fourth-order valence-electron chi connectivity index (χ4n) is 0.723. The Bertz CT molecular complexity index is 521. The van der Waals surface area contributed by atoms with Crippen LogP contribution in [0.25, 0.3) is 0 Å². The molecule has 0 aromatic rings. The number of Topliss-reactive ketones (excluding diaryl/α,β-unsaturated/α-hetero) is 1. The first-order chi connectivity index (χ1) is 22.0. The summed E-state index contributed by atoms with van der Waals surface area (Å²) >= 11 is 0.760. The Kier molecular flexibility index (Phi) is 42.0. The molecule has 0 saturated heterocycles. The van der Waals surface area contributed by atoms with Crippen molar-refractivity contribution in [1.29, 1.82) is 0 Å². The van der Waals surface area contributed by atoms with Crippen LogP contribution in [0.3, 0.4) is 0 Å². The van der Waals surface area contributed by atoms with Crippen LogP contribution in [-0.4, -0.2) is 29.8 Å². The van der Waals surface area contributed by atoms with E-state index in [0.29, 0.717) is 5.78 Å². The van der Waals surface area contributed by atoms with Crippen LogP contribution >= 0.6 is 12.0 Å². The second-order valence-electron chi connectivity index (χ2n) is 4.61. The van der Waals surface area contributed by atoms with Crippen molar-refractivity contribution < 1.29 is 181 Å². The van der Waals surface area contributed by atoms with Gasteiger partial charge >= 0.3 is 0 Å². The molecule has 0 aliphatic rings. The normalized spacial score (nSPS) is 12.0. The van der Waals surface area contributed by atoms with Crippen LogP contribution in [0, 0.1) is 0 Å². The fraction of sp³-hybridized carbons (Fsp3) is 0.857. The van der Waals surface area contributed by atoms with Crippen LogP contribution in [0.2, 0.25) is 0 Å². The van der Waals surface area contributed by atoms with Crippen molar-refractivity contribution in [1.82, 2.24) is 0 Å². The highest BCUT2D eigenvalue weighted by atomic mass is 32.2. The quantitative estimate of drug-likeness (QED) is 0.0223. The molecule has 0 fully saturated rings. The zero-order valence-electron chi connectivity index (χ0n) is 21.6. The number of carbonyl (C=O) groups is 1. The molecule has 36 nitrogen and oxygen atoms in total. The van der Waals surface area contributed by atoms with Crippen molar-refractivity contribution in [2.24, 2.45) is 0 Å². The molecule has 0 aromatic carbocycles. The minimum absolute atomic E-state index is 0.259. The molecule has 0 amide bonds. The van der Waals surface area contributed by atoms with E-state index in [1.807, 2.05) is 6.92 Å². The van der Waals surface area contributed by atoms with E-state index in [0.717, 1.165) is 12.0 Å². The van der Waals surface area contributed by atoms with Crippen molar-refractivity contribution >= 4 is 28.7 Å². The number of ketones is 1. The van der Waals surface area contributed by atoms with E-state index in [1.54, 1.807) is 6.92 Å². The van der Waals surface area contributed by atoms with Gasteiger partial charge < -0.3 is 5.26 Å². The van der Waals surface area contributed by atoms with Gasteiger partial charge in [-0.1, -0.05) is 0 Å². The predicted molar refractivity (Wildman–Crippen MR) is 89.8 cm³/mol. The molecule has 0 N–H and O–H groups in total. The first kappa shape index (κ1) is 46.1. The van der Waals surface area contributed by atoms with E-state index in [9.17, 15) is 4.79 Å². The van der Waals surface area contributed by atoms with Crippen LogP contribution < -0.4 is 5.26 Å². The Balaban J connectivity index is 0. The van der Waals surface area contributed by atoms with Gasteiger partial charge in [-0.05, 0) is 105 Å². The van der Waals surface area contributed by atoms with Crippen molar-refractivity contribution in [2.75, 3.05) is 18.8 Å². The lowest BCUT2D eigenvalue weighted by atomic mass is 10.3. The highest BCUT2D eigenvalue weighted by molar-refractivity contribution is 7.96. The van der Waals surface area contributed by atoms with Gasteiger partial charge in [-0.25, -0.2) is 0 Å². The maximum Gasteiger partial charge on any atom is 0.181 e. The average Bonchev–Trinajstić information content (AvgIpc) is 3.03. The van der Waals surface area contributed by atoms with Gasteiger partial charge in [-0.15, -0.1) is 4.33 Å². The summed E-state index contributed by atoms with van der Waals surface area (Å²) in [4.78, 5) is 10.6. The number of hydrogen-bond donors (Lipinski definition) is 0. The summed E-state index contributed by atoms with van der Waals surface area (Å²) in [6.45, 7) is 3.63. The lowest BCUT2D eigenvalue weighted by molar-refractivity contribution is -0.921. The van der Waals surface area contributed by atoms with E-state index in [2.05, 4.69) is 183 Å². The predicted octanol–water partition coefficient (Wildman–Crippen LogP) is -1.86. The summed E-state index contributed by atoms with van der Waals surface area (Å²) in [6, 6.07) is 0. The molecule has 0 radical (unpaired) electrons. The van der Waals surface area contributed by atoms with Gasteiger partial charge in [-0.2, -0.15) is 0 Å². The first-order valence-electron chi connectivity index (χ1n) is 8.86. The van der Waals surface area contributed by atoms with Crippen molar-refractivity contribution in [3.8, 4) is 0 Å². The zero-order valence-corrected chi connectivity index (χ0v) is 23.2. The fourth-order valence-corrected chi connectivity index (χ4v) is 1.46. The summed E-state index contributed by atoms with van der Waals surface area (Å²) in [5, 5.41) is 124. The molecule has 1 atom stereocenters. The number of carbonyl (C=O) groups excluding carboxylic acids is 1. The molecular formula is C7H16O36S2. The molecule has 272 valence electrons. The summed E-state index contributed by atoms with van der Waals surface area (Å²) in [6.07, 6.45) is 5.67. The molecule has 0 aromatic heterocycles. The van der Waals surface area contributed by atoms with Gasteiger partial charge in [-0.3, -0.25) is 9.83 Å². The third-order valence-electron chi connectivity index (χ3n) is 2.26. The molecule has 0 aliphatic heterocycles. The van der Waals surface area contributed by atoms with Crippen molar-refractivity contribution in [3.05, 3.63) is 0 Å². The third-order valence-corrected chi connectivity index (χ3v) is 4.20. The molecule has 0 heterocycles. The van der Waals surface area contributed by atoms with E-state index in [-0.39, 0.29) is 16.1 Å². The largest absolute Gasteiger partial charge is 0.689 e. The number of hydrogen-bond acceptors (Lipinski definition) is 37. The van der Waals surface area contributed by atoms with Gasteiger partial charge in [0.05, 0.1) is 12.5 Å². The number of rotatable bonds is 36. The Hall–Kier alpha value is -1.03. The Labute approximate surface area is 248 Å². The van der Waals surface area contributed by atoms with Gasteiger partial charge in [0, 0.05) is 98.9 Å². The van der Waals surface area contributed by atoms with Crippen LogP contribution in [0.5, 0.6) is 0 Å². The third kappa shape index (κ3) is 43.0. The molecule has 0 rings (SSSR count). The zero-order chi connectivity index (χ0) is 33.5. The highest BCUT2D eigenvalue weighted by Crippen LogP contribution is 1.99. The minimum Gasteiger partial charge on any atom is -0.689 e. The van der Waals surface area contributed by atoms with Gasteiger partial charge in [0.2, 0.25) is 0 Å². The summed E-state index contributed by atoms with van der Waals surface area (Å²) in [7, 11) is 0.260. The maximum atomic E-state index is 10.6. The Morgan fingerprint density at radius 1 is 0.467 bits per heavy atom. The lowest BCUT2D eigenvalue weighted by Crippen LogP contribution is -2.22. The van der Waals surface area contributed by atoms with Crippen LogP contribution in [0.15, 0.2) is 0 Å². The van der Waals surface area contributed by atoms with Crippen molar-refractivity contribution in [3.63, 3.8) is 0 Å². The highest BCUT2D eigenvalue weighted by Gasteiger charge is 2.19. The maximum absolute atomic E-state index is 10.6. The average molecular weight is 740 g/mol. The van der Waals surface area contributed by atoms with E-state index < -0.39 is 0 Å². The van der Waals surface area contributed by atoms with Gasteiger partial charge in [0.15, 0.2) is 11.0 Å². The lowest BCUT2D eigenvalue weighted by Gasteiger charge is -2.00. The van der Waals surface area contributed by atoms with Crippen LogP contribution in [0.4, 0.5) is 0 Å². The molecule has 38 heteroatoms. The Morgan fingerprint density at radius 3 is 0.800 bits per heavy atom. The second-order valence-corrected chi connectivity index (χ2v) is 7.55. The summed E-state index contributed by atoms with van der Waals surface area (Å²) in [5.74, 6) is 0.304. The molecule has 0 spiro atoms. The molecular weight excluding hydrogens is 724 g/mol. The van der Waals surface area contributed by atoms with Crippen molar-refractivity contribution in [2.45, 2.75) is 19.1 Å². The molecule has 0 saturated carbocycles. The monoisotopic (exact) mass is 740 g/mol. The molecule has 45 heavy (non-hydrogen) atoms. The first-order valence-corrected chi connectivity index (χ1v) is 12.1. The Morgan fingerprint density at radius 2 is 0.667 bits per heavy atom. The van der Waals surface area contributed by atoms with Gasteiger partial charge in [0.25, 0.3) is 0 Å². The van der Waals surface area contributed by atoms with Crippen LogP contribution in [-0.2, 0) is 186 Å². The molecule has 0 aliphatic carbocycles. The molecule has 1 unspecified atom stereocenters. The topological polar surface area (TPSA) is 354 Å². The summed E-state index contributed by atoms with van der Waals surface area (Å²) in [5.41, 5.74) is 0. The van der Waals surface area contributed by atoms with Gasteiger partial charge in [0.1, 0.15) is 0 Å². The van der Waals surface area contributed by atoms with Crippen LogP contribution in [0.1, 0.15) is 13.8 Å². The standard InChI is InChI=1S/C6H13OS.CH4O35S/c1-5(7)6(2)8(3)4;1-37-36-35-34-33-32-31-30-29-28-27-26-25-24-23-22-21-20-19-18-17-16-15-14-13-12-11-10-9-8-7-6-5-4-3-2/h6H,1-4H3;2H,1H3/q+1;/p-1. The van der Waals surface area contributed by atoms with E-state index in [1.165, 1.54) is 6.26 Å². The molecule has 0 bridgehead atoms. The van der Waals surface area contributed by atoms with E-state index >= 15 is 0 Å². The van der Waals surface area contributed by atoms with E-state index in [4.69, 9.17) is 5.26 Å². The smallest absolute Gasteiger partial charge is 0.181 e.